The number of anilines is 1. The second kappa shape index (κ2) is 15.4. The third-order valence-corrected chi connectivity index (χ3v) is 8.95. The number of hydrogen-bond acceptors (Lipinski definition) is 8. The van der Waals surface area contributed by atoms with Crippen LogP contribution in [0.4, 0.5) is 27.6 Å². The molecule has 2 aliphatic heterocycles. The first-order valence-electron chi connectivity index (χ1n) is 14.8. The Morgan fingerprint density at radius 1 is 1.02 bits per heavy atom. The van der Waals surface area contributed by atoms with E-state index in [1.807, 2.05) is 4.90 Å². The van der Waals surface area contributed by atoms with Gasteiger partial charge >= 0.3 is 12.1 Å². The summed E-state index contributed by atoms with van der Waals surface area (Å²) in [7, 11) is 0. The van der Waals surface area contributed by atoms with Crippen molar-refractivity contribution in [2.45, 2.75) is 12.6 Å². The number of thiocarbonyl (C=S) groups is 1. The van der Waals surface area contributed by atoms with Crippen molar-refractivity contribution in [3.8, 4) is 16.9 Å². The Bertz CT molecular complexity index is 1800. The fraction of sp³-hybridized carbons (Fsp3) is 0.273. The maximum absolute atomic E-state index is 14.3. The van der Waals surface area contributed by atoms with Crippen LogP contribution in [0, 0.1) is 11.6 Å². The van der Waals surface area contributed by atoms with Gasteiger partial charge in [-0.2, -0.15) is 13.2 Å². The highest BCUT2D eigenvalue weighted by atomic mass is 32.2. The summed E-state index contributed by atoms with van der Waals surface area (Å²) in [4.78, 5) is 40.2. The lowest BCUT2D eigenvalue weighted by atomic mass is 9.97. The SMILES string of the molecule is O=C(CCN1C(=O)C(=Cc2cc(C(F)(F)F)cc(-c3ccc(F)c(F)c3)c2OCCN2CCOCC2)SC1=S)Nc1ccc(C(=O)O)cc1. The number of thioether (sulfide) groups is 1. The molecule has 0 aliphatic carbocycles. The van der Waals surface area contributed by atoms with E-state index in [1.165, 1.54) is 30.3 Å². The van der Waals surface area contributed by atoms with Crippen molar-refractivity contribution in [1.29, 1.82) is 0 Å². The lowest BCUT2D eigenvalue weighted by Gasteiger charge is -2.27. The molecular weight excluding hydrogens is 694 g/mol. The minimum absolute atomic E-state index is 0.0258. The summed E-state index contributed by atoms with van der Waals surface area (Å²) >= 11 is 6.18. The van der Waals surface area contributed by atoms with E-state index in [4.69, 9.17) is 26.8 Å². The number of nitrogens with one attached hydrogen (secondary N) is 1. The van der Waals surface area contributed by atoms with Gasteiger partial charge in [-0.05, 0) is 60.2 Å². The zero-order valence-electron chi connectivity index (χ0n) is 25.5. The summed E-state index contributed by atoms with van der Waals surface area (Å²) < 4.78 is 82.0. The third-order valence-electron chi connectivity index (χ3n) is 7.57. The summed E-state index contributed by atoms with van der Waals surface area (Å²) in [6.45, 7) is 2.54. The molecule has 0 aromatic heterocycles. The summed E-state index contributed by atoms with van der Waals surface area (Å²) in [6.07, 6.45) is -3.84. The van der Waals surface area contributed by atoms with Crippen LogP contribution in [-0.2, 0) is 20.5 Å². The fourth-order valence-electron chi connectivity index (χ4n) is 5.03. The number of benzene rings is 3. The molecule has 3 aromatic carbocycles. The van der Waals surface area contributed by atoms with Crippen LogP contribution < -0.4 is 10.1 Å². The zero-order chi connectivity index (χ0) is 35.3. The first-order valence-corrected chi connectivity index (χ1v) is 16.0. The van der Waals surface area contributed by atoms with Gasteiger partial charge in [-0.15, -0.1) is 0 Å². The minimum Gasteiger partial charge on any atom is -0.491 e. The quantitative estimate of drug-likeness (QED) is 0.134. The second-order valence-electron chi connectivity index (χ2n) is 10.9. The maximum Gasteiger partial charge on any atom is 0.416 e. The number of amides is 2. The van der Waals surface area contributed by atoms with Crippen LogP contribution in [0.3, 0.4) is 0 Å². The molecule has 5 rings (SSSR count). The predicted octanol–water partition coefficient (Wildman–Crippen LogP) is 6.29. The zero-order valence-corrected chi connectivity index (χ0v) is 27.2. The molecule has 9 nitrogen and oxygen atoms in total. The average Bonchev–Trinajstić information content (AvgIpc) is 3.32. The van der Waals surface area contributed by atoms with Gasteiger partial charge < -0.3 is 19.9 Å². The molecule has 0 radical (unpaired) electrons. The van der Waals surface area contributed by atoms with Gasteiger partial charge in [-0.1, -0.05) is 30.0 Å². The van der Waals surface area contributed by atoms with E-state index in [-0.39, 0.29) is 56.8 Å². The predicted molar refractivity (Wildman–Crippen MR) is 176 cm³/mol. The van der Waals surface area contributed by atoms with Gasteiger partial charge in [0.1, 0.15) is 16.7 Å². The number of carboxylic acids is 1. The standard InChI is InChI=1S/C33H28F5N3O6S2/c34-25-6-3-20(16-26(25)35)24-18-22(33(36,37)38)15-21(29(24)47-14-11-40-9-12-46-13-10-40)17-27-30(43)41(32(48)49-27)8-7-28(42)39-23-4-1-19(2-5-23)31(44)45/h1-6,15-18H,7-14H2,(H,39,42)(H,44,45). The van der Waals surface area contributed by atoms with Crippen molar-refractivity contribution in [3.63, 3.8) is 0 Å². The van der Waals surface area contributed by atoms with E-state index in [9.17, 15) is 36.3 Å². The van der Waals surface area contributed by atoms with Crippen LogP contribution in [0.25, 0.3) is 17.2 Å². The Morgan fingerprint density at radius 3 is 2.39 bits per heavy atom. The number of rotatable bonds is 11. The number of carbonyl (C=O) groups is 3. The summed E-state index contributed by atoms with van der Waals surface area (Å²) in [5.41, 5.74) is -1.11. The van der Waals surface area contributed by atoms with Crippen LogP contribution in [0.2, 0.25) is 0 Å². The molecule has 3 aromatic rings. The number of carbonyl (C=O) groups excluding carboxylic acids is 2. The molecular formula is C33H28F5N3O6S2. The molecule has 2 amide bonds. The van der Waals surface area contributed by atoms with Crippen molar-refractivity contribution in [1.82, 2.24) is 9.80 Å². The number of hydrogen-bond donors (Lipinski definition) is 2. The van der Waals surface area contributed by atoms with E-state index in [0.29, 0.717) is 38.5 Å². The van der Waals surface area contributed by atoms with Gasteiger partial charge in [0.25, 0.3) is 5.91 Å². The number of alkyl halides is 3. The topological polar surface area (TPSA) is 108 Å². The van der Waals surface area contributed by atoms with Crippen molar-refractivity contribution >= 4 is 57.8 Å². The Hall–Kier alpha value is -4.38. The summed E-state index contributed by atoms with van der Waals surface area (Å²) in [5.74, 6) is -4.80. The second-order valence-corrected chi connectivity index (χ2v) is 12.6. The van der Waals surface area contributed by atoms with Crippen LogP contribution in [-0.4, -0.2) is 83.0 Å². The molecule has 49 heavy (non-hydrogen) atoms. The molecule has 0 spiro atoms. The van der Waals surface area contributed by atoms with Crippen LogP contribution in [0.5, 0.6) is 5.75 Å². The van der Waals surface area contributed by atoms with Gasteiger partial charge in [-0.25, -0.2) is 13.6 Å². The van der Waals surface area contributed by atoms with E-state index in [0.717, 1.165) is 47.0 Å². The van der Waals surface area contributed by atoms with Gasteiger partial charge in [-0.3, -0.25) is 19.4 Å². The first-order chi connectivity index (χ1) is 23.3. The minimum atomic E-state index is -4.84. The van der Waals surface area contributed by atoms with Crippen LogP contribution in [0.15, 0.2) is 59.5 Å². The van der Waals surface area contributed by atoms with Crippen molar-refractivity contribution < 1.29 is 50.9 Å². The summed E-state index contributed by atoms with van der Waals surface area (Å²) in [5, 5.41) is 11.6. The summed E-state index contributed by atoms with van der Waals surface area (Å²) in [6, 6.07) is 9.76. The Morgan fingerprint density at radius 2 is 1.73 bits per heavy atom. The van der Waals surface area contributed by atoms with E-state index in [2.05, 4.69) is 5.32 Å². The van der Waals surface area contributed by atoms with Crippen molar-refractivity contribution in [3.05, 3.63) is 87.8 Å². The highest BCUT2D eigenvalue weighted by Crippen LogP contribution is 2.43. The van der Waals surface area contributed by atoms with Gasteiger partial charge in [0, 0.05) is 49.4 Å². The molecule has 0 atom stereocenters. The Kier molecular flexibility index (Phi) is 11.3. The molecule has 258 valence electrons. The third kappa shape index (κ3) is 9.00. The molecule has 0 bridgehead atoms. The number of aromatic carboxylic acids is 1. The highest BCUT2D eigenvalue weighted by Gasteiger charge is 2.35. The first kappa shape index (κ1) is 35.9. The number of halogens is 5. The van der Waals surface area contributed by atoms with Crippen LogP contribution >= 0.6 is 24.0 Å². The lowest BCUT2D eigenvalue weighted by molar-refractivity contribution is -0.137. The fourth-order valence-corrected chi connectivity index (χ4v) is 6.33. The smallest absolute Gasteiger partial charge is 0.416 e. The largest absolute Gasteiger partial charge is 0.491 e. The van der Waals surface area contributed by atoms with E-state index >= 15 is 0 Å². The Labute approximate surface area is 286 Å². The maximum atomic E-state index is 14.3. The molecule has 2 N–H and O–H groups in total. The van der Waals surface area contributed by atoms with Crippen LogP contribution in [0.1, 0.15) is 27.9 Å². The molecule has 0 saturated carbocycles. The molecule has 16 heteroatoms. The molecule has 2 fully saturated rings. The number of nitrogens with zero attached hydrogens (tertiary/aromatic N) is 2. The Balaban J connectivity index is 1.42. The molecule has 2 heterocycles. The van der Waals surface area contributed by atoms with Gasteiger partial charge in [0.05, 0.1) is 29.2 Å². The molecule has 0 unspecified atom stereocenters. The number of ether oxygens (including phenoxy) is 2. The normalized spacial score (nSPS) is 16.3. The monoisotopic (exact) mass is 721 g/mol. The number of carboxylic acid groups (broad SMARTS) is 1. The lowest BCUT2D eigenvalue weighted by Crippen LogP contribution is -2.38. The van der Waals surface area contributed by atoms with Gasteiger partial charge in [0.2, 0.25) is 5.91 Å². The van der Waals surface area contributed by atoms with E-state index < -0.39 is 41.2 Å². The van der Waals surface area contributed by atoms with Crippen molar-refractivity contribution in [2.75, 3.05) is 51.3 Å². The van der Waals surface area contributed by atoms with Gasteiger partial charge in [0.15, 0.2) is 11.6 Å². The average molecular weight is 722 g/mol. The highest BCUT2D eigenvalue weighted by molar-refractivity contribution is 8.26. The van der Waals surface area contributed by atoms with Crippen molar-refractivity contribution in [2.24, 2.45) is 0 Å². The van der Waals surface area contributed by atoms with E-state index in [1.54, 1.807) is 0 Å². The molecule has 2 saturated heterocycles. The molecule has 2 aliphatic rings. The number of morpholine rings is 1.